The third-order valence-electron chi connectivity index (χ3n) is 6.64. The highest BCUT2D eigenvalue weighted by molar-refractivity contribution is 6.43. The summed E-state index contributed by atoms with van der Waals surface area (Å²) >= 11 is 12.7. The SMILES string of the molecule is Cc1cc(N2CCC3(CC2)COCC3N)n2c(=O)[nH]nc2c1-c1cccc(Cl)c1Cl. The lowest BCUT2D eigenvalue weighted by Gasteiger charge is -2.41. The summed E-state index contributed by atoms with van der Waals surface area (Å²) in [7, 11) is 0. The number of fused-ring (bicyclic) bond motifs is 1. The zero-order valence-electron chi connectivity index (χ0n) is 16.6. The highest BCUT2D eigenvalue weighted by Crippen LogP contribution is 2.41. The zero-order chi connectivity index (χ0) is 21.0. The van der Waals surface area contributed by atoms with Gasteiger partial charge in [0, 0.05) is 35.7 Å². The minimum absolute atomic E-state index is 0.0419. The molecule has 0 amide bonds. The average Bonchev–Trinajstić information content (AvgIpc) is 3.28. The van der Waals surface area contributed by atoms with Crippen molar-refractivity contribution in [2.45, 2.75) is 25.8 Å². The molecule has 4 heterocycles. The van der Waals surface area contributed by atoms with Crippen molar-refractivity contribution in [3.8, 4) is 11.1 Å². The number of aromatic nitrogens is 3. The van der Waals surface area contributed by atoms with Gasteiger partial charge in [0.05, 0.1) is 23.3 Å². The smallest absolute Gasteiger partial charge is 0.349 e. The van der Waals surface area contributed by atoms with Gasteiger partial charge < -0.3 is 15.4 Å². The van der Waals surface area contributed by atoms with E-state index in [1.165, 1.54) is 0 Å². The molecule has 30 heavy (non-hydrogen) atoms. The van der Waals surface area contributed by atoms with E-state index in [2.05, 4.69) is 15.1 Å². The zero-order valence-corrected chi connectivity index (χ0v) is 18.1. The van der Waals surface area contributed by atoms with E-state index in [0.29, 0.717) is 28.9 Å². The van der Waals surface area contributed by atoms with Gasteiger partial charge in [-0.3, -0.25) is 0 Å². The third-order valence-corrected chi connectivity index (χ3v) is 7.46. The first-order valence-corrected chi connectivity index (χ1v) is 10.8. The molecular formula is C21H23Cl2N5O2. The normalized spacial score (nSPS) is 21.1. The van der Waals surface area contributed by atoms with Crippen LogP contribution >= 0.6 is 23.2 Å². The molecule has 7 nitrogen and oxygen atoms in total. The number of anilines is 1. The van der Waals surface area contributed by atoms with Crippen LogP contribution in [0, 0.1) is 12.3 Å². The Labute approximate surface area is 183 Å². The first kappa shape index (κ1) is 19.9. The molecule has 0 bridgehead atoms. The van der Waals surface area contributed by atoms with Crippen LogP contribution in [0.1, 0.15) is 18.4 Å². The lowest BCUT2D eigenvalue weighted by molar-refractivity contribution is 0.131. The van der Waals surface area contributed by atoms with Crippen LogP contribution in [0.3, 0.4) is 0 Å². The van der Waals surface area contributed by atoms with Crippen LogP contribution in [0.2, 0.25) is 10.0 Å². The fourth-order valence-corrected chi connectivity index (χ4v) is 5.21. The number of benzene rings is 1. The van der Waals surface area contributed by atoms with Gasteiger partial charge in [-0.2, -0.15) is 5.10 Å². The number of nitrogens with one attached hydrogen (secondary N) is 1. The van der Waals surface area contributed by atoms with E-state index in [1.807, 2.05) is 25.1 Å². The van der Waals surface area contributed by atoms with Crippen LogP contribution in [0.15, 0.2) is 29.1 Å². The number of halogens is 2. The average molecular weight is 448 g/mol. The Bertz CT molecular complexity index is 1180. The van der Waals surface area contributed by atoms with Crippen molar-refractivity contribution in [1.82, 2.24) is 14.6 Å². The Morgan fingerprint density at radius 1 is 1.30 bits per heavy atom. The molecule has 1 atom stereocenters. The minimum Gasteiger partial charge on any atom is -0.379 e. The number of aromatic amines is 1. The quantitative estimate of drug-likeness (QED) is 0.629. The van der Waals surface area contributed by atoms with Gasteiger partial charge in [-0.1, -0.05) is 35.3 Å². The number of H-pyrrole nitrogens is 1. The molecule has 158 valence electrons. The second-order valence-corrected chi connectivity index (χ2v) is 9.11. The van der Waals surface area contributed by atoms with E-state index in [0.717, 1.165) is 48.4 Å². The molecular weight excluding hydrogens is 425 g/mol. The lowest BCUT2D eigenvalue weighted by Crippen LogP contribution is -2.49. The highest BCUT2D eigenvalue weighted by Gasteiger charge is 2.44. The molecule has 0 aliphatic carbocycles. The van der Waals surface area contributed by atoms with E-state index < -0.39 is 0 Å². The van der Waals surface area contributed by atoms with Crippen molar-refractivity contribution in [2.75, 3.05) is 31.2 Å². The first-order chi connectivity index (χ1) is 14.4. The maximum atomic E-state index is 12.7. The molecule has 2 fully saturated rings. The fraction of sp³-hybridized carbons (Fsp3) is 0.429. The van der Waals surface area contributed by atoms with Crippen molar-refractivity contribution in [3.05, 3.63) is 50.4 Å². The number of piperidine rings is 1. The van der Waals surface area contributed by atoms with E-state index in [-0.39, 0.29) is 17.1 Å². The number of hydrogen-bond acceptors (Lipinski definition) is 5. The first-order valence-electron chi connectivity index (χ1n) is 10.0. The van der Waals surface area contributed by atoms with Crippen LogP contribution < -0.4 is 16.3 Å². The molecule has 9 heteroatoms. The number of nitrogens with two attached hydrogens (primary N) is 1. The Morgan fingerprint density at radius 3 is 2.77 bits per heavy atom. The molecule has 1 aromatic carbocycles. The summed E-state index contributed by atoms with van der Waals surface area (Å²) in [6.45, 7) is 4.95. The van der Waals surface area contributed by atoms with Crippen molar-refractivity contribution in [2.24, 2.45) is 11.1 Å². The summed E-state index contributed by atoms with van der Waals surface area (Å²) in [6.07, 6.45) is 1.87. The lowest BCUT2D eigenvalue weighted by atomic mass is 9.75. The molecule has 1 unspecified atom stereocenters. The van der Waals surface area contributed by atoms with Gasteiger partial charge in [0.2, 0.25) is 0 Å². The predicted octanol–water partition coefficient (Wildman–Crippen LogP) is 3.25. The van der Waals surface area contributed by atoms with Gasteiger partial charge in [0.25, 0.3) is 0 Å². The summed E-state index contributed by atoms with van der Waals surface area (Å²) in [5.41, 5.74) is 9.15. The maximum Gasteiger partial charge on any atom is 0.349 e. The number of nitrogens with zero attached hydrogens (tertiary/aromatic N) is 3. The number of hydrogen-bond donors (Lipinski definition) is 2. The maximum absolute atomic E-state index is 12.7. The monoisotopic (exact) mass is 447 g/mol. The summed E-state index contributed by atoms with van der Waals surface area (Å²) in [4.78, 5) is 14.9. The highest BCUT2D eigenvalue weighted by atomic mass is 35.5. The summed E-state index contributed by atoms with van der Waals surface area (Å²) in [5.74, 6) is 0.825. The van der Waals surface area contributed by atoms with Gasteiger partial charge in [0.15, 0.2) is 5.65 Å². The van der Waals surface area contributed by atoms with Gasteiger partial charge in [0.1, 0.15) is 5.82 Å². The van der Waals surface area contributed by atoms with Crippen LogP contribution in [-0.4, -0.2) is 46.9 Å². The Kier molecular flexibility index (Phi) is 4.82. The standard InChI is InChI=1S/C21H23Cl2N5O2/c1-12-9-16(27-7-5-21(6-8-27)11-30-10-15(21)24)28-19(25-26-20(28)29)17(12)13-3-2-4-14(22)18(13)23/h2-4,9,15H,5-8,10-11,24H2,1H3,(H,26,29). The number of ether oxygens (including phenoxy) is 1. The van der Waals surface area contributed by atoms with Crippen molar-refractivity contribution < 1.29 is 4.74 Å². The minimum atomic E-state index is -0.277. The van der Waals surface area contributed by atoms with E-state index in [9.17, 15) is 4.79 Å². The molecule has 3 aromatic rings. The van der Waals surface area contributed by atoms with Crippen molar-refractivity contribution in [1.29, 1.82) is 0 Å². The molecule has 3 N–H and O–H groups in total. The van der Waals surface area contributed by atoms with Gasteiger partial charge >= 0.3 is 5.69 Å². The second kappa shape index (κ2) is 7.27. The summed E-state index contributed by atoms with van der Waals surface area (Å²) in [6, 6.07) is 7.58. The molecule has 2 saturated heterocycles. The number of pyridine rings is 1. The molecule has 5 rings (SSSR count). The second-order valence-electron chi connectivity index (χ2n) is 8.32. The molecule has 2 aromatic heterocycles. The largest absolute Gasteiger partial charge is 0.379 e. The van der Waals surface area contributed by atoms with E-state index >= 15 is 0 Å². The van der Waals surface area contributed by atoms with Crippen LogP contribution in [-0.2, 0) is 4.74 Å². The number of rotatable bonds is 2. The summed E-state index contributed by atoms with van der Waals surface area (Å²) < 4.78 is 7.26. The molecule has 2 aliphatic rings. The van der Waals surface area contributed by atoms with E-state index in [1.54, 1.807) is 10.5 Å². The van der Waals surface area contributed by atoms with Crippen LogP contribution in [0.25, 0.3) is 16.8 Å². The molecule has 0 radical (unpaired) electrons. The Balaban J connectivity index is 1.60. The Morgan fingerprint density at radius 2 is 2.07 bits per heavy atom. The van der Waals surface area contributed by atoms with E-state index in [4.69, 9.17) is 33.7 Å². The topological polar surface area (TPSA) is 88.7 Å². The van der Waals surface area contributed by atoms with Crippen molar-refractivity contribution in [3.63, 3.8) is 0 Å². The number of aryl methyl sites for hydroxylation is 1. The molecule has 2 aliphatic heterocycles. The van der Waals surface area contributed by atoms with Crippen LogP contribution in [0.5, 0.6) is 0 Å². The fourth-order valence-electron chi connectivity index (χ4n) is 4.82. The van der Waals surface area contributed by atoms with Crippen molar-refractivity contribution >= 4 is 34.7 Å². The summed E-state index contributed by atoms with van der Waals surface area (Å²) in [5, 5.41) is 7.83. The molecule has 0 saturated carbocycles. The Hall–Kier alpha value is -2.06. The molecule has 1 spiro atoms. The van der Waals surface area contributed by atoms with Gasteiger partial charge in [-0.15, -0.1) is 0 Å². The van der Waals surface area contributed by atoms with Gasteiger partial charge in [-0.05, 0) is 37.5 Å². The van der Waals surface area contributed by atoms with Gasteiger partial charge in [-0.25, -0.2) is 14.3 Å². The van der Waals surface area contributed by atoms with Crippen LogP contribution in [0.4, 0.5) is 5.82 Å². The third kappa shape index (κ3) is 2.95. The predicted molar refractivity (Wildman–Crippen MR) is 119 cm³/mol.